The second kappa shape index (κ2) is 5.71. The van der Waals surface area contributed by atoms with E-state index in [-0.39, 0.29) is 6.04 Å². The third-order valence-electron chi connectivity index (χ3n) is 3.71. The molecule has 0 N–H and O–H groups in total. The lowest BCUT2D eigenvalue weighted by atomic mass is 10.2. The van der Waals surface area contributed by atoms with Crippen molar-refractivity contribution in [2.75, 3.05) is 6.54 Å². The Bertz CT molecular complexity index is 552. The number of pyridine rings is 1. The van der Waals surface area contributed by atoms with Gasteiger partial charge < -0.3 is 4.52 Å². The van der Waals surface area contributed by atoms with Gasteiger partial charge in [-0.25, -0.2) is 0 Å². The summed E-state index contributed by atoms with van der Waals surface area (Å²) in [4.78, 5) is 11.3. The van der Waals surface area contributed by atoms with Crippen LogP contribution >= 0.6 is 0 Å². The molecule has 1 aliphatic rings. The van der Waals surface area contributed by atoms with Crippen molar-refractivity contribution >= 4 is 0 Å². The molecule has 1 saturated heterocycles. The lowest BCUT2D eigenvalue weighted by Gasteiger charge is -2.20. The first-order chi connectivity index (χ1) is 9.74. The van der Waals surface area contributed by atoms with E-state index in [9.17, 15) is 0 Å². The van der Waals surface area contributed by atoms with Gasteiger partial charge in [0.25, 0.3) is 0 Å². The SMILES string of the molecule is CC(C)c1noc(C2CCCN2Cc2ccccn2)n1. The summed E-state index contributed by atoms with van der Waals surface area (Å²) in [5, 5.41) is 4.07. The average molecular weight is 272 g/mol. The van der Waals surface area contributed by atoms with Crippen molar-refractivity contribution in [3.05, 3.63) is 41.8 Å². The molecule has 5 heteroatoms. The molecule has 0 aromatic carbocycles. The summed E-state index contributed by atoms with van der Waals surface area (Å²) in [5.74, 6) is 1.85. The first kappa shape index (κ1) is 13.2. The van der Waals surface area contributed by atoms with Crippen LogP contribution in [-0.2, 0) is 6.54 Å². The van der Waals surface area contributed by atoms with Crippen LogP contribution in [0.25, 0.3) is 0 Å². The van der Waals surface area contributed by atoms with Crippen molar-refractivity contribution in [2.45, 2.75) is 45.2 Å². The summed E-state index contributed by atoms with van der Waals surface area (Å²) in [5.41, 5.74) is 1.09. The minimum Gasteiger partial charge on any atom is -0.338 e. The van der Waals surface area contributed by atoms with Crippen molar-refractivity contribution in [3.63, 3.8) is 0 Å². The highest BCUT2D eigenvalue weighted by atomic mass is 16.5. The van der Waals surface area contributed by atoms with Crippen LogP contribution in [0.5, 0.6) is 0 Å². The Kier molecular flexibility index (Phi) is 3.78. The van der Waals surface area contributed by atoms with Gasteiger partial charge in [0.2, 0.25) is 5.89 Å². The number of hydrogen-bond acceptors (Lipinski definition) is 5. The van der Waals surface area contributed by atoms with E-state index in [4.69, 9.17) is 4.52 Å². The standard InChI is InChI=1S/C15H20N4O/c1-11(2)14-17-15(20-18-14)13-7-5-9-19(13)10-12-6-3-4-8-16-12/h3-4,6,8,11,13H,5,7,9-10H2,1-2H3. The van der Waals surface area contributed by atoms with E-state index in [1.54, 1.807) is 0 Å². The molecule has 3 heterocycles. The van der Waals surface area contributed by atoms with E-state index < -0.39 is 0 Å². The molecular weight excluding hydrogens is 252 g/mol. The number of likely N-dealkylation sites (tertiary alicyclic amines) is 1. The maximum Gasteiger partial charge on any atom is 0.244 e. The zero-order valence-corrected chi connectivity index (χ0v) is 12.0. The molecule has 2 aromatic rings. The number of nitrogens with zero attached hydrogens (tertiary/aromatic N) is 4. The fraction of sp³-hybridized carbons (Fsp3) is 0.533. The molecule has 0 saturated carbocycles. The molecule has 0 amide bonds. The van der Waals surface area contributed by atoms with Gasteiger partial charge in [-0.2, -0.15) is 4.98 Å². The van der Waals surface area contributed by atoms with Gasteiger partial charge in [-0.1, -0.05) is 25.1 Å². The maximum atomic E-state index is 5.45. The van der Waals surface area contributed by atoms with Crippen LogP contribution < -0.4 is 0 Å². The predicted octanol–water partition coefficient (Wildman–Crippen LogP) is 2.93. The second-order valence-electron chi connectivity index (χ2n) is 5.60. The lowest BCUT2D eigenvalue weighted by Crippen LogP contribution is -2.23. The van der Waals surface area contributed by atoms with E-state index >= 15 is 0 Å². The fourth-order valence-electron chi connectivity index (χ4n) is 2.61. The van der Waals surface area contributed by atoms with Gasteiger partial charge >= 0.3 is 0 Å². The van der Waals surface area contributed by atoms with Crippen molar-refractivity contribution in [2.24, 2.45) is 0 Å². The van der Waals surface area contributed by atoms with Crippen molar-refractivity contribution in [1.29, 1.82) is 0 Å². The summed E-state index contributed by atoms with van der Waals surface area (Å²) >= 11 is 0. The Hall–Kier alpha value is -1.75. The highest BCUT2D eigenvalue weighted by molar-refractivity contribution is 5.06. The topological polar surface area (TPSA) is 55.1 Å². The largest absolute Gasteiger partial charge is 0.338 e. The lowest BCUT2D eigenvalue weighted by molar-refractivity contribution is 0.199. The molecule has 20 heavy (non-hydrogen) atoms. The third-order valence-corrected chi connectivity index (χ3v) is 3.71. The normalized spacial score (nSPS) is 19.9. The highest BCUT2D eigenvalue weighted by Gasteiger charge is 2.31. The smallest absolute Gasteiger partial charge is 0.244 e. The molecule has 1 atom stereocenters. The van der Waals surface area contributed by atoms with Gasteiger partial charge in [0.15, 0.2) is 5.82 Å². The van der Waals surface area contributed by atoms with Crippen LogP contribution in [0.1, 0.15) is 56.1 Å². The molecule has 0 bridgehead atoms. The molecular formula is C15H20N4O. The number of rotatable bonds is 4. The van der Waals surface area contributed by atoms with Gasteiger partial charge in [0, 0.05) is 18.7 Å². The first-order valence-corrected chi connectivity index (χ1v) is 7.21. The minimum absolute atomic E-state index is 0.233. The third kappa shape index (κ3) is 2.72. The Balaban J connectivity index is 1.74. The Morgan fingerprint density at radius 3 is 3.00 bits per heavy atom. The van der Waals surface area contributed by atoms with E-state index in [0.717, 1.165) is 43.3 Å². The summed E-state index contributed by atoms with van der Waals surface area (Å²) in [6.07, 6.45) is 4.08. The molecule has 2 aromatic heterocycles. The zero-order chi connectivity index (χ0) is 13.9. The van der Waals surface area contributed by atoms with E-state index in [2.05, 4.69) is 39.9 Å². The molecule has 0 aliphatic carbocycles. The quantitative estimate of drug-likeness (QED) is 0.856. The Morgan fingerprint density at radius 1 is 1.40 bits per heavy atom. The summed E-state index contributed by atoms with van der Waals surface area (Å²) in [6.45, 7) is 6.05. The average Bonchev–Trinajstić information content (AvgIpc) is 3.08. The van der Waals surface area contributed by atoms with E-state index in [1.807, 2.05) is 18.3 Å². The molecule has 5 nitrogen and oxygen atoms in total. The number of hydrogen-bond donors (Lipinski definition) is 0. The van der Waals surface area contributed by atoms with E-state index in [0.29, 0.717) is 5.92 Å². The van der Waals surface area contributed by atoms with Crippen LogP contribution in [-0.4, -0.2) is 26.6 Å². The van der Waals surface area contributed by atoms with Crippen LogP contribution in [0, 0.1) is 0 Å². The maximum absolute atomic E-state index is 5.45. The number of aromatic nitrogens is 3. The summed E-state index contributed by atoms with van der Waals surface area (Å²) < 4.78 is 5.45. The van der Waals surface area contributed by atoms with Gasteiger partial charge in [-0.3, -0.25) is 9.88 Å². The van der Waals surface area contributed by atoms with Crippen LogP contribution in [0.3, 0.4) is 0 Å². The molecule has 3 rings (SSSR count). The molecule has 0 spiro atoms. The Labute approximate surface area is 119 Å². The van der Waals surface area contributed by atoms with Crippen molar-refractivity contribution in [3.8, 4) is 0 Å². The van der Waals surface area contributed by atoms with Gasteiger partial charge in [-0.05, 0) is 31.5 Å². The van der Waals surface area contributed by atoms with Crippen LogP contribution in [0.15, 0.2) is 28.9 Å². The molecule has 1 unspecified atom stereocenters. The molecule has 1 aliphatic heterocycles. The zero-order valence-electron chi connectivity index (χ0n) is 12.0. The first-order valence-electron chi connectivity index (χ1n) is 7.21. The molecule has 106 valence electrons. The van der Waals surface area contributed by atoms with Crippen molar-refractivity contribution < 1.29 is 4.52 Å². The van der Waals surface area contributed by atoms with E-state index in [1.165, 1.54) is 0 Å². The fourth-order valence-corrected chi connectivity index (χ4v) is 2.61. The van der Waals surface area contributed by atoms with Crippen molar-refractivity contribution in [1.82, 2.24) is 20.0 Å². The minimum atomic E-state index is 0.233. The van der Waals surface area contributed by atoms with Gasteiger partial charge in [-0.15, -0.1) is 0 Å². The highest BCUT2D eigenvalue weighted by Crippen LogP contribution is 2.32. The molecule has 0 radical (unpaired) electrons. The van der Waals surface area contributed by atoms with Crippen LogP contribution in [0.4, 0.5) is 0 Å². The Morgan fingerprint density at radius 2 is 2.30 bits per heavy atom. The van der Waals surface area contributed by atoms with Crippen LogP contribution in [0.2, 0.25) is 0 Å². The summed E-state index contributed by atoms with van der Waals surface area (Å²) in [6, 6.07) is 6.26. The van der Waals surface area contributed by atoms with Gasteiger partial charge in [0.05, 0.1) is 11.7 Å². The summed E-state index contributed by atoms with van der Waals surface area (Å²) in [7, 11) is 0. The predicted molar refractivity (Wildman–Crippen MR) is 75.0 cm³/mol. The second-order valence-corrected chi connectivity index (χ2v) is 5.60. The van der Waals surface area contributed by atoms with Gasteiger partial charge in [0.1, 0.15) is 0 Å². The monoisotopic (exact) mass is 272 g/mol. The molecule has 1 fully saturated rings.